The van der Waals surface area contributed by atoms with Gasteiger partial charge in [0.1, 0.15) is 0 Å². The van der Waals surface area contributed by atoms with Crippen LogP contribution in [0.2, 0.25) is 0 Å². The average molecular weight is 786 g/mol. The topological polar surface area (TPSA) is 3.24 Å². The minimum absolute atomic E-state index is 0.211. The quantitative estimate of drug-likeness (QED) is 0.162. The van der Waals surface area contributed by atoms with Gasteiger partial charge in [-0.2, -0.15) is 0 Å². The van der Waals surface area contributed by atoms with Crippen molar-refractivity contribution in [2.45, 2.75) is 69.1 Å². The molecule has 2 bridgehead atoms. The zero-order chi connectivity index (χ0) is 39.9. The first-order valence-electron chi connectivity index (χ1n) is 23.4. The van der Waals surface area contributed by atoms with Crippen LogP contribution in [0.15, 0.2) is 170 Å². The normalized spacial score (nSPS) is 26.5. The van der Waals surface area contributed by atoms with Gasteiger partial charge >= 0.3 is 0 Å². The van der Waals surface area contributed by atoms with E-state index in [4.69, 9.17) is 0 Å². The van der Waals surface area contributed by atoms with E-state index in [1.807, 2.05) is 0 Å². The maximum atomic E-state index is 2.64. The molecule has 0 saturated heterocycles. The van der Waals surface area contributed by atoms with Gasteiger partial charge in [-0.15, -0.1) is 0 Å². The summed E-state index contributed by atoms with van der Waals surface area (Å²) >= 11 is 0. The monoisotopic (exact) mass is 785 g/mol. The molecule has 0 amide bonds. The van der Waals surface area contributed by atoms with E-state index in [1.165, 1.54) is 135 Å². The minimum atomic E-state index is 0.211. The molecule has 8 aromatic rings. The van der Waals surface area contributed by atoms with E-state index >= 15 is 0 Å². The minimum Gasteiger partial charge on any atom is -0.310 e. The number of rotatable bonds is 6. The molecule has 2 spiro atoms. The Morgan fingerprint density at radius 3 is 2.02 bits per heavy atom. The Hall–Kier alpha value is -5.92. The number of para-hydroxylation sites is 1. The van der Waals surface area contributed by atoms with Gasteiger partial charge in [0.05, 0.1) is 5.69 Å². The van der Waals surface area contributed by atoms with Crippen LogP contribution in [0.4, 0.5) is 17.1 Å². The van der Waals surface area contributed by atoms with Crippen molar-refractivity contribution >= 4 is 38.6 Å². The number of fused-ring (bicyclic) bond motifs is 10. The summed E-state index contributed by atoms with van der Waals surface area (Å²) in [5, 5.41) is 5.28. The predicted molar refractivity (Wildman–Crippen MR) is 254 cm³/mol. The molecule has 0 N–H and O–H groups in total. The lowest BCUT2D eigenvalue weighted by atomic mass is 9.27. The standard InChI is InChI=1S/C60H51N/c1-2-13-41(14-3-1)48-20-10-16-42-17-11-21-52(58(42)48)51-19-7-9-23-55(51)61(47-30-26-39-12-4-5-15-43(39)34-47)46-28-24-40(25-29-46)44-27-31-50-49-18-6-8-22-53(49)60(54(50)35-44)56-33-38-32-45-36-57(60)59(45,56)37-38/h4-12,15-31,34-35,38,41,45,56-57H,1-3,13-14,32-33,36-37H2. The molecule has 296 valence electrons. The van der Waals surface area contributed by atoms with Crippen molar-refractivity contribution in [1.29, 1.82) is 0 Å². The van der Waals surface area contributed by atoms with E-state index in [-0.39, 0.29) is 5.41 Å². The van der Waals surface area contributed by atoms with Gasteiger partial charge in [-0.3, -0.25) is 0 Å². The summed E-state index contributed by atoms with van der Waals surface area (Å²) in [6.07, 6.45) is 12.5. The molecular formula is C60H51N. The van der Waals surface area contributed by atoms with E-state index in [9.17, 15) is 0 Å². The Balaban J connectivity index is 0.900. The lowest BCUT2D eigenvalue weighted by molar-refractivity contribution is -0.231. The molecule has 6 unspecified atom stereocenters. The van der Waals surface area contributed by atoms with Crippen LogP contribution in [0.1, 0.15) is 80.4 Å². The summed E-state index contributed by atoms with van der Waals surface area (Å²) in [5.74, 6) is 4.20. The molecule has 5 fully saturated rings. The maximum Gasteiger partial charge on any atom is 0.0540 e. The van der Waals surface area contributed by atoms with Crippen molar-refractivity contribution in [1.82, 2.24) is 0 Å². The lowest BCUT2D eigenvalue weighted by Gasteiger charge is -2.76. The third-order valence-corrected chi connectivity index (χ3v) is 17.5. The van der Waals surface area contributed by atoms with E-state index < -0.39 is 0 Å². The molecule has 0 heterocycles. The Kier molecular flexibility index (Phi) is 7.30. The largest absolute Gasteiger partial charge is 0.310 e. The molecular weight excluding hydrogens is 735 g/mol. The van der Waals surface area contributed by atoms with Gasteiger partial charge in [0.25, 0.3) is 0 Å². The molecule has 1 nitrogen and oxygen atoms in total. The first-order chi connectivity index (χ1) is 30.2. The molecule has 14 rings (SSSR count). The third kappa shape index (κ3) is 4.63. The van der Waals surface area contributed by atoms with Gasteiger partial charge in [-0.1, -0.05) is 153 Å². The van der Waals surface area contributed by atoms with E-state index in [1.54, 1.807) is 11.1 Å². The van der Waals surface area contributed by atoms with Crippen LogP contribution in [0.25, 0.3) is 54.9 Å². The van der Waals surface area contributed by atoms with Crippen LogP contribution in [0.3, 0.4) is 0 Å². The fourth-order valence-corrected chi connectivity index (χ4v) is 15.3. The fourth-order valence-electron chi connectivity index (χ4n) is 15.3. The summed E-state index contributed by atoms with van der Waals surface area (Å²) < 4.78 is 0. The number of anilines is 3. The Bertz CT molecular complexity index is 3070. The van der Waals surface area contributed by atoms with Crippen molar-refractivity contribution < 1.29 is 0 Å². The second kappa shape index (κ2) is 12.8. The number of benzene rings is 8. The molecule has 0 radical (unpaired) electrons. The number of hydrogen-bond acceptors (Lipinski definition) is 1. The molecule has 1 heteroatoms. The summed E-state index contributed by atoms with van der Waals surface area (Å²) in [5.41, 5.74) is 17.5. The van der Waals surface area contributed by atoms with Crippen LogP contribution in [-0.4, -0.2) is 0 Å². The van der Waals surface area contributed by atoms with E-state index in [0.29, 0.717) is 11.3 Å². The van der Waals surface area contributed by atoms with Crippen LogP contribution in [-0.2, 0) is 5.41 Å². The van der Waals surface area contributed by atoms with Crippen molar-refractivity contribution in [3.63, 3.8) is 0 Å². The first kappa shape index (κ1) is 34.8. The molecule has 61 heavy (non-hydrogen) atoms. The lowest BCUT2D eigenvalue weighted by Crippen LogP contribution is -2.73. The van der Waals surface area contributed by atoms with Gasteiger partial charge in [0.15, 0.2) is 0 Å². The van der Waals surface area contributed by atoms with Gasteiger partial charge in [0.2, 0.25) is 0 Å². The van der Waals surface area contributed by atoms with Gasteiger partial charge in [0, 0.05) is 22.4 Å². The first-order valence-corrected chi connectivity index (χ1v) is 23.4. The van der Waals surface area contributed by atoms with Crippen molar-refractivity contribution in [2.75, 3.05) is 4.90 Å². The molecule has 8 aromatic carbocycles. The van der Waals surface area contributed by atoms with E-state index in [2.05, 4.69) is 175 Å². The SMILES string of the molecule is c1ccc(N(c2ccc(-c3ccc4c(c3)C3(c5ccccc5-4)C4CC5CC6CC3C64C5)cc2)c2ccc3ccccc3c2)c(-c2cccc3cccc(C4CCCCC4)c23)c1. The molecule has 5 saturated carbocycles. The second-order valence-corrected chi connectivity index (χ2v) is 19.9. The fraction of sp³-hybridized carbons (Fsp3) is 0.267. The second-order valence-electron chi connectivity index (χ2n) is 19.9. The Labute approximate surface area is 360 Å². The highest BCUT2D eigenvalue weighted by Gasteiger charge is 2.84. The zero-order valence-electron chi connectivity index (χ0n) is 34.9. The van der Waals surface area contributed by atoms with Gasteiger partial charge < -0.3 is 4.90 Å². The zero-order valence-corrected chi connectivity index (χ0v) is 34.9. The Morgan fingerprint density at radius 2 is 1.15 bits per heavy atom. The highest BCUT2D eigenvalue weighted by atomic mass is 15.1. The van der Waals surface area contributed by atoms with E-state index in [0.717, 1.165) is 23.7 Å². The van der Waals surface area contributed by atoms with Gasteiger partial charge in [-0.05, 0) is 176 Å². The molecule has 6 aliphatic carbocycles. The van der Waals surface area contributed by atoms with Crippen LogP contribution < -0.4 is 4.90 Å². The summed E-state index contributed by atoms with van der Waals surface area (Å²) in [6.45, 7) is 0. The highest BCUT2D eigenvalue weighted by molar-refractivity contribution is 6.04. The van der Waals surface area contributed by atoms with Crippen LogP contribution in [0.5, 0.6) is 0 Å². The third-order valence-electron chi connectivity index (χ3n) is 17.5. The van der Waals surface area contributed by atoms with Gasteiger partial charge in [-0.25, -0.2) is 0 Å². The summed E-state index contributed by atoms with van der Waals surface area (Å²) in [7, 11) is 0. The summed E-state index contributed by atoms with van der Waals surface area (Å²) in [6, 6.07) is 65.4. The van der Waals surface area contributed by atoms with Crippen molar-refractivity contribution in [2.24, 2.45) is 29.1 Å². The molecule has 0 aliphatic heterocycles. The predicted octanol–water partition coefficient (Wildman–Crippen LogP) is 16.2. The van der Waals surface area contributed by atoms with Crippen LogP contribution in [0, 0.1) is 29.1 Å². The number of hydrogen-bond donors (Lipinski definition) is 0. The number of nitrogens with zero attached hydrogens (tertiary/aromatic N) is 1. The smallest absolute Gasteiger partial charge is 0.0540 e. The Morgan fingerprint density at radius 1 is 0.459 bits per heavy atom. The highest BCUT2D eigenvalue weighted by Crippen LogP contribution is 2.89. The molecule has 0 aromatic heterocycles. The molecule has 6 atom stereocenters. The van der Waals surface area contributed by atoms with Crippen molar-refractivity contribution in [3.05, 3.63) is 187 Å². The maximum absolute atomic E-state index is 2.64. The average Bonchev–Trinajstić information content (AvgIpc) is 3.96. The van der Waals surface area contributed by atoms with Crippen LogP contribution >= 0.6 is 0 Å². The molecule has 6 aliphatic rings. The van der Waals surface area contributed by atoms with Crippen molar-refractivity contribution in [3.8, 4) is 33.4 Å². The summed E-state index contributed by atoms with van der Waals surface area (Å²) in [4.78, 5) is 2.51.